The Morgan fingerprint density at radius 2 is 1.88 bits per heavy atom. The lowest BCUT2D eigenvalue weighted by molar-refractivity contribution is 0.0301. The van der Waals surface area contributed by atoms with Gasteiger partial charge in [0.1, 0.15) is 11.4 Å². The molecule has 6 nitrogen and oxygen atoms in total. The van der Waals surface area contributed by atoms with Gasteiger partial charge in [0.05, 0.1) is 13.7 Å². The lowest BCUT2D eigenvalue weighted by Crippen LogP contribution is -2.48. The molecule has 0 aromatic heterocycles. The van der Waals surface area contributed by atoms with Crippen LogP contribution in [-0.4, -0.2) is 47.2 Å². The van der Waals surface area contributed by atoms with E-state index in [1.165, 1.54) is 0 Å². The highest BCUT2D eigenvalue weighted by Gasteiger charge is 2.33. The van der Waals surface area contributed by atoms with Crippen LogP contribution in [0.15, 0.2) is 36.4 Å². The van der Waals surface area contributed by atoms with Crippen LogP contribution in [0.2, 0.25) is 0 Å². The minimum atomic E-state index is -0.653. The zero-order chi connectivity index (χ0) is 18.6. The first-order valence-electron chi connectivity index (χ1n) is 8.32. The first kappa shape index (κ1) is 18.8. The highest BCUT2D eigenvalue weighted by atomic mass is 16.6. The van der Waals surface area contributed by atoms with Crippen molar-refractivity contribution in [2.45, 2.75) is 45.9 Å². The van der Waals surface area contributed by atoms with Crippen molar-refractivity contribution in [1.29, 1.82) is 0 Å². The van der Waals surface area contributed by atoms with Crippen molar-refractivity contribution in [3.63, 3.8) is 0 Å². The van der Waals surface area contributed by atoms with E-state index >= 15 is 0 Å². The van der Waals surface area contributed by atoms with Crippen LogP contribution in [0.3, 0.4) is 0 Å². The summed E-state index contributed by atoms with van der Waals surface area (Å²) in [5.41, 5.74) is 0.306. The van der Waals surface area contributed by atoms with Gasteiger partial charge in [-0.25, -0.2) is 14.5 Å². The van der Waals surface area contributed by atoms with Gasteiger partial charge in [0, 0.05) is 12.6 Å². The highest BCUT2D eigenvalue weighted by Crippen LogP contribution is 2.19. The maximum atomic E-state index is 12.9. The van der Waals surface area contributed by atoms with Crippen molar-refractivity contribution < 1.29 is 19.1 Å². The van der Waals surface area contributed by atoms with E-state index in [0.29, 0.717) is 6.54 Å². The molecule has 1 heterocycles. The summed E-state index contributed by atoms with van der Waals surface area (Å²) in [5, 5.41) is 0. The molecule has 0 fully saturated rings. The Hall–Kier alpha value is -2.50. The zero-order valence-corrected chi connectivity index (χ0v) is 15.5. The van der Waals surface area contributed by atoms with Crippen LogP contribution in [-0.2, 0) is 11.3 Å². The van der Waals surface area contributed by atoms with Crippen molar-refractivity contribution in [2.75, 3.05) is 13.7 Å². The third-order valence-corrected chi connectivity index (χ3v) is 3.80. The molecule has 1 aromatic rings. The average molecular weight is 346 g/mol. The molecule has 2 rings (SSSR count). The van der Waals surface area contributed by atoms with E-state index in [0.717, 1.165) is 16.2 Å². The summed E-state index contributed by atoms with van der Waals surface area (Å²) in [6.07, 6.45) is 3.11. The number of ether oxygens (including phenoxy) is 2. The fourth-order valence-electron chi connectivity index (χ4n) is 2.48. The predicted octanol–water partition coefficient (Wildman–Crippen LogP) is 3.81. The van der Waals surface area contributed by atoms with Crippen LogP contribution in [0.1, 0.15) is 33.3 Å². The second-order valence-corrected chi connectivity index (χ2v) is 7.02. The molecule has 0 saturated heterocycles. The number of carbonyl (C=O) groups excluding carboxylic acids is 2. The zero-order valence-electron chi connectivity index (χ0n) is 15.5. The van der Waals surface area contributed by atoms with Gasteiger partial charge < -0.3 is 14.4 Å². The van der Waals surface area contributed by atoms with Crippen LogP contribution in [0.5, 0.6) is 5.75 Å². The highest BCUT2D eigenvalue weighted by molar-refractivity contribution is 5.91. The van der Waals surface area contributed by atoms with E-state index in [9.17, 15) is 9.59 Å². The van der Waals surface area contributed by atoms with Gasteiger partial charge in [0.2, 0.25) is 0 Å². The van der Waals surface area contributed by atoms with Gasteiger partial charge >= 0.3 is 12.1 Å². The quantitative estimate of drug-likeness (QED) is 0.781. The van der Waals surface area contributed by atoms with E-state index in [1.807, 2.05) is 43.3 Å². The van der Waals surface area contributed by atoms with Gasteiger partial charge in [-0.3, -0.25) is 0 Å². The van der Waals surface area contributed by atoms with Gasteiger partial charge in [0.25, 0.3) is 0 Å². The monoisotopic (exact) mass is 346 g/mol. The van der Waals surface area contributed by atoms with Crippen molar-refractivity contribution in [2.24, 2.45) is 0 Å². The van der Waals surface area contributed by atoms with Crippen LogP contribution in [0, 0.1) is 0 Å². The van der Waals surface area contributed by atoms with Gasteiger partial charge in [-0.05, 0) is 45.4 Å². The van der Waals surface area contributed by atoms with E-state index in [4.69, 9.17) is 9.47 Å². The number of nitrogens with zero attached hydrogens (tertiary/aromatic N) is 2. The summed E-state index contributed by atoms with van der Waals surface area (Å²) in [5.74, 6) is 0.759. The fourth-order valence-corrected chi connectivity index (χ4v) is 2.48. The molecule has 0 bridgehead atoms. The van der Waals surface area contributed by atoms with Gasteiger partial charge in [-0.1, -0.05) is 24.3 Å². The number of methoxy groups -OCH3 is 1. The van der Waals surface area contributed by atoms with Crippen LogP contribution >= 0.6 is 0 Å². The maximum Gasteiger partial charge on any atom is 0.418 e. The lowest BCUT2D eigenvalue weighted by Gasteiger charge is -2.31. The minimum absolute atomic E-state index is 0.123. The first-order chi connectivity index (χ1) is 11.7. The fraction of sp³-hybridized carbons (Fsp3) is 0.474. The second kappa shape index (κ2) is 7.59. The topological polar surface area (TPSA) is 59.1 Å². The standard InChI is InChI=1S/C19H26N2O4/c1-14-7-6-12-20(18(23)25-19(2,3)4)17(22)21(14)13-15-8-10-16(24-5)11-9-15/h6-11,14H,12-13H2,1-5H3/t14-/m0/s1. The number of benzene rings is 1. The molecule has 0 N–H and O–H groups in total. The molecule has 136 valence electrons. The number of hydrogen-bond acceptors (Lipinski definition) is 4. The number of imide groups is 1. The van der Waals surface area contributed by atoms with Crippen molar-refractivity contribution in [3.05, 3.63) is 42.0 Å². The molecule has 6 heteroatoms. The summed E-state index contributed by atoms with van der Waals surface area (Å²) in [4.78, 5) is 28.0. The van der Waals surface area contributed by atoms with Crippen molar-refractivity contribution >= 4 is 12.1 Å². The summed E-state index contributed by atoms with van der Waals surface area (Å²) >= 11 is 0. The Bertz CT molecular complexity index is 646. The predicted molar refractivity (Wildman–Crippen MR) is 95.5 cm³/mol. The molecule has 0 aliphatic carbocycles. The Morgan fingerprint density at radius 1 is 1.24 bits per heavy atom. The molecule has 0 saturated carbocycles. The van der Waals surface area contributed by atoms with Crippen LogP contribution in [0.4, 0.5) is 9.59 Å². The average Bonchev–Trinajstić information content (AvgIpc) is 2.67. The maximum absolute atomic E-state index is 12.9. The molecule has 0 spiro atoms. The number of carbonyl (C=O) groups is 2. The van der Waals surface area contributed by atoms with E-state index in [1.54, 1.807) is 32.8 Å². The Labute approximate surface area is 149 Å². The third-order valence-electron chi connectivity index (χ3n) is 3.80. The SMILES string of the molecule is COc1ccc(CN2C(=O)N(C(=O)OC(C)(C)C)CC=C[C@@H]2C)cc1. The molecular formula is C19H26N2O4. The Kier molecular flexibility index (Phi) is 5.72. The number of urea groups is 1. The number of rotatable bonds is 3. The van der Waals surface area contributed by atoms with Gasteiger partial charge in [-0.2, -0.15) is 0 Å². The molecule has 0 unspecified atom stereocenters. The lowest BCUT2D eigenvalue weighted by atomic mass is 10.2. The molecule has 0 radical (unpaired) electrons. The molecule has 1 aliphatic rings. The minimum Gasteiger partial charge on any atom is -0.497 e. The van der Waals surface area contributed by atoms with E-state index in [2.05, 4.69) is 0 Å². The van der Waals surface area contributed by atoms with Gasteiger partial charge in [0.15, 0.2) is 0 Å². The Morgan fingerprint density at radius 3 is 2.44 bits per heavy atom. The molecular weight excluding hydrogens is 320 g/mol. The number of hydrogen-bond donors (Lipinski definition) is 0. The molecule has 1 aliphatic heterocycles. The Balaban J connectivity index is 2.18. The van der Waals surface area contributed by atoms with Crippen LogP contribution < -0.4 is 4.74 Å². The summed E-state index contributed by atoms with van der Waals surface area (Å²) in [6.45, 7) is 7.86. The first-order valence-corrected chi connectivity index (χ1v) is 8.32. The van der Waals surface area contributed by atoms with Gasteiger partial charge in [-0.15, -0.1) is 0 Å². The normalized spacial score (nSPS) is 18.1. The molecule has 25 heavy (non-hydrogen) atoms. The van der Waals surface area contributed by atoms with E-state index < -0.39 is 11.7 Å². The summed E-state index contributed by atoms with van der Waals surface area (Å²) < 4.78 is 10.5. The summed E-state index contributed by atoms with van der Waals surface area (Å²) in [7, 11) is 1.61. The smallest absolute Gasteiger partial charge is 0.418 e. The molecule has 1 aromatic carbocycles. The summed E-state index contributed by atoms with van der Waals surface area (Å²) in [6, 6.07) is 7.04. The molecule has 1 atom stereocenters. The number of amides is 3. The van der Waals surface area contributed by atoms with Crippen LogP contribution in [0.25, 0.3) is 0 Å². The third kappa shape index (κ3) is 4.98. The van der Waals surface area contributed by atoms with Crippen molar-refractivity contribution in [3.8, 4) is 5.75 Å². The van der Waals surface area contributed by atoms with E-state index in [-0.39, 0.29) is 18.6 Å². The molecule has 3 amide bonds. The second-order valence-electron chi connectivity index (χ2n) is 7.02. The largest absolute Gasteiger partial charge is 0.497 e. The van der Waals surface area contributed by atoms with Crippen molar-refractivity contribution in [1.82, 2.24) is 9.80 Å².